The van der Waals surface area contributed by atoms with E-state index in [4.69, 9.17) is 4.74 Å². The van der Waals surface area contributed by atoms with Crippen LogP contribution in [0.5, 0.6) is 5.88 Å². The number of benzene rings is 1. The van der Waals surface area contributed by atoms with E-state index in [9.17, 15) is 13.6 Å². The fourth-order valence-corrected chi connectivity index (χ4v) is 2.93. The van der Waals surface area contributed by atoms with Crippen molar-refractivity contribution in [1.29, 1.82) is 0 Å². The number of nitrogens with one attached hydrogen (secondary N) is 2. The average molecular weight is 398 g/mol. The lowest BCUT2D eigenvalue weighted by molar-refractivity contribution is 0.397. The van der Waals surface area contributed by atoms with Gasteiger partial charge >= 0.3 is 5.56 Å². The Labute approximate surface area is 163 Å². The summed E-state index contributed by atoms with van der Waals surface area (Å²) in [5.41, 5.74) is 1.75. The van der Waals surface area contributed by atoms with Crippen molar-refractivity contribution in [2.45, 2.75) is 13.5 Å². The molecule has 148 valence electrons. The Kier molecular flexibility index (Phi) is 4.67. The van der Waals surface area contributed by atoms with Crippen LogP contribution in [-0.4, -0.2) is 31.6 Å². The second-order valence-corrected chi connectivity index (χ2v) is 6.29. The topological polar surface area (TPSA) is 97.7 Å². The molecule has 0 amide bonds. The number of aryl methyl sites for hydroxylation is 1. The van der Waals surface area contributed by atoms with Crippen molar-refractivity contribution in [3.8, 4) is 5.88 Å². The Morgan fingerprint density at radius 1 is 1.17 bits per heavy atom. The lowest BCUT2D eigenvalue weighted by atomic mass is 10.2. The summed E-state index contributed by atoms with van der Waals surface area (Å²) in [6.45, 7) is 1.88. The average Bonchev–Trinajstić information content (AvgIpc) is 3.19. The molecule has 0 aliphatic heterocycles. The first-order valence-corrected chi connectivity index (χ1v) is 8.63. The van der Waals surface area contributed by atoms with Crippen LogP contribution in [0, 0.1) is 18.6 Å². The molecule has 10 heteroatoms. The zero-order valence-corrected chi connectivity index (χ0v) is 15.5. The van der Waals surface area contributed by atoms with Gasteiger partial charge in [0.05, 0.1) is 31.4 Å². The van der Waals surface area contributed by atoms with E-state index in [1.807, 2.05) is 0 Å². The number of hydrogen-bond donors (Lipinski definition) is 2. The molecule has 0 saturated heterocycles. The van der Waals surface area contributed by atoms with Gasteiger partial charge in [0.1, 0.15) is 0 Å². The van der Waals surface area contributed by atoms with Gasteiger partial charge in [-0.05, 0) is 30.7 Å². The number of halogens is 2. The molecule has 29 heavy (non-hydrogen) atoms. The van der Waals surface area contributed by atoms with Crippen LogP contribution < -0.4 is 15.6 Å². The van der Waals surface area contributed by atoms with Gasteiger partial charge in [-0.1, -0.05) is 6.07 Å². The molecule has 3 aromatic heterocycles. The van der Waals surface area contributed by atoms with Crippen molar-refractivity contribution in [2.75, 3.05) is 12.4 Å². The normalized spacial score (nSPS) is 11.0. The summed E-state index contributed by atoms with van der Waals surface area (Å²) in [5.74, 6) is -1.26. The first-order chi connectivity index (χ1) is 14.0. The van der Waals surface area contributed by atoms with Crippen molar-refractivity contribution in [3.05, 3.63) is 69.9 Å². The highest BCUT2D eigenvalue weighted by atomic mass is 19.2. The van der Waals surface area contributed by atoms with Crippen LogP contribution in [0.3, 0.4) is 0 Å². The van der Waals surface area contributed by atoms with E-state index < -0.39 is 17.2 Å². The summed E-state index contributed by atoms with van der Waals surface area (Å²) in [7, 11) is 1.52. The molecule has 3 heterocycles. The number of aromatic nitrogens is 5. The van der Waals surface area contributed by atoms with Crippen LogP contribution in [0.4, 0.5) is 20.4 Å². The van der Waals surface area contributed by atoms with Crippen molar-refractivity contribution in [3.63, 3.8) is 0 Å². The van der Waals surface area contributed by atoms with Crippen LogP contribution >= 0.6 is 0 Å². The molecule has 0 aliphatic carbocycles. The summed E-state index contributed by atoms with van der Waals surface area (Å²) in [4.78, 5) is 27.7. The van der Waals surface area contributed by atoms with Gasteiger partial charge < -0.3 is 15.0 Å². The number of nitrogens with zero attached hydrogens (tertiary/aromatic N) is 4. The molecular formula is C19H16F2N6O2. The molecule has 4 rings (SSSR count). The Morgan fingerprint density at radius 2 is 2.00 bits per heavy atom. The number of anilines is 2. The number of methoxy groups -OCH3 is 1. The molecular weight excluding hydrogens is 382 g/mol. The number of pyridine rings is 1. The number of aromatic amines is 1. The molecule has 0 unspecified atom stereocenters. The molecule has 2 N–H and O–H groups in total. The summed E-state index contributed by atoms with van der Waals surface area (Å²) in [6, 6.07) is 7.01. The molecule has 8 nitrogen and oxygen atoms in total. The van der Waals surface area contributed by atoms with Crippen molar-refractivity contribution in [1.82, 2.24) is 24.5 Å². The molecule has 0 spiro atoms. The Hall–Kier alpha value is -3.82. The standard InChI is InChI=1S/C19H16F2N6O2/c1-10-14(5-6-15(24-10)29-2)25-19-26-18(28)16-17(23-9-22-16)27(19)8-11-3-4-12(20)13(21)7-11/h3-7,9H,8H2,1-2H3,(H,22,23)(H,25,26,28). The largest absolute Gasteiger partial charge is 0.481 e. The first kappa shape index (κ1) is 18.5. The predicted octanol–water partition coefficient (Wildman–Crippen LogP) is 2.90. The minimum absolute atomic E-state index is 0.108. The molecule has 0 aliphatic rings. The van der Waals surface area contributed by atoms with Crippen molar-refractivity contribution < 1.29 is 13.5 Å². The number of fused-ring (bicyclic) bond motifs is 1. The Bertz CT molecular complexity index is 1270. The van der Waals surface area contributed by atoms with E-state index in [0.717, 1.165) is 12.1 Å². The Morgan fingerprint density at radius 3 is 2.72 bits per heavy atom. The maximum absolute atomic E-state index is 13.7. The molecule has 0 atom stereocenters. The van der Waals surface area contributed by atoms with E-state index in [2.05, 4.69) is 25.3 Å². The summed E-state index contributed by atoms with van der Waals surface area (Å²) >= 11 is 0. The van der Waals surface area contributed by atoms with Crippen LogP contribution in [0.1, 0.15) is 11.3 Å². The molecule has 0 bridgehead atoms. The minimum atomic E-state index is -0.959. The van der Waals surface area contributed by atoms with E-state index in [1.165, 1.54) is 19.5 Å². The van der Waals surface area contributed by atoms with Crippen LogP contribution in [0.2, 0.25) is 0 Å². The highest BCUT2D eigenvalue weighted by Gasteiger charge is 2.15. The third kappa shape index (κ3) is 3.51. The zero-order valence-electron chi connectivity index (χ0n) is 15.5. The molecule has 0 fully saturated rings. The van der Waals surface area contributed by atoms with Gasteiger partial charge in [0.25, 0.3) is 0 Å². The fourth-order valence-electron chi connectivity index (χ4n) is 2.93. The number of ether oxygens (including phenoxy) is 1. The number of imidazole rings is 1. The second kappa shape index (κ2) is 7.30. The van der Waals surface area contributed by atoms with E-state index in [1.54, 1.807) is 23.6 Å². The molecule has 0 radical (unpaired) electrons. The monoisotopic (exact) mass is 398 g/mol. The predicted molar refractivity (Wildman–Crippen MR) is 102 cm³/mol. The third-order valence-corrected chi connectivity index (χ3v) is 4.39. The highest BCUT2D eigenvalue weighted by Crippen LogP contribution is 2.23. The quantitative estimate of drug-likeness (QED) is 0.537. The first-order valence-electron chi connectivity index (χ1n) is 8.63. The van der Waals surface area contributed by atoms with E-state index in [-0.39, 0.29) is 18.0 Å². The van der Waals surface area contributed by atoms with Gasteiger partial charge in [0.15, 0.2) is 22.8 Å². The second-order valence-electron chi connectivity index (χ2n) is 6.29. The van der Waals surface area contributed by atoms with Crippen molar-refractivity contribution in [2.24, 2.45) is 0 Å². The van der Waals surface area contributed by atoms with Crippen LogP contribution in [-0.2, 0) is 6.54 Å². The third-order valence-electron chi connectivity index (χ3n) is 4.39. The van der Waals surface area contributed by atoms with Gasteiger partial charge in [-0.25, -0.2) is 18.7 Å². The van der Waals surface area contributed by atoms with E-state index >= 15 is 0 Å². The molecule has 4 aromatic rings. The minimum Gasteiger partial charge on any atom is -0.481 e. The van der Waals surface area contributed by atoms with Crippen molar-refractivity contribution >= 4 is 22.8 Å². The number of hydrogen-bond acceptors (Lipinski definition) is 6. The fraction of sp³-hybridized carbons (Fsp3) is 0.158. The maximum atomic E-state index is 13.7. The molecule has 1 aromatic carbocycles. The maximum Gasteiger partial charge on any atom is 0.300 e. The van der Waals surface area contributed by atoms with Gasteiger partial charge in [-0.3, -0.25) is 9.36 Å². The number of rotatable bonds is 5. The SMILES string of the molecule is COc1ccc(Nc2nc(=O)c3[nH]cnc3n2Cc2ccc(F)c(F)c2)c(C)n1. The Balaban J connectivity index is 1.81. The summed E-state index contributed by atoms with van der Waals surface area (Å²) in [5, 5.41) is 3.07. The lowest BCUT2D eigenvalue weighted by Gasteiger charge is -2.16. The zero-order chi connectivity index (χ0) is 20.5. The van der Waals surface area contributed by atoms with Gasteiger partial charge in [0, 0.05) is 6.07 Å². The van der Waals surface area contributed by atoms with Crippen LogP contribution in [0.15, 0.2) is 41.5 Å². The number of H-pyrrole nitrogens is 1. The van der Waals surface area contributed by atoms with Gasteiger partial charge in [0.2, 0.25) is 11.8 Å². The summed E-state index contributed by atoms with van der Waals surface area (Å²) < 4.78 is 33.6. The smallest absolute Gasteiger partial charge is 0.300 e. The highest BCUT2D eigenvalue weighted by molar-refractivity contribution is 5.72. The summed E-state index contributed by atoms with van der Waals surface area (Å²) in [6.07, 6.45) is 1.37. The lowest BCUT2D eigenvalue weighted by Crippen LogP contribution is -2.19. The van der Waals surface area contributed by atoms with Gasteiger partial charge in [-0.2, -0.15) is 4.98 Å². The van der Waals surface area contributed by atoms with Crippen LogP contribution in [0.25, 0.3) is 11.2 Å². The molecule has 0 saturated carbocycles. The van der Waals surface area contributed by atoms with E-state index in [0.29, 0.717) is 28.5 Å². The van der Waals surface area contributed by atoms with Gasteiger partial charge in [-0.15, -0.1) is 0 Å².